The molecule has 2 N–H and O–H groups in total. The Balaban J connectivity index is 1.47. The van der Waals surface area contributed by atoms with Crippen LogP contribution < -0.4 is 16.2 Å². The van der Waals surface area contributed by atoms with E-state index in [9.17, 15) is 18.8 Å². The van der Waals surface area contributed by atoms with Crippen molar-refractivity contribution in [2.45, 2.75) is 11.7 Å². The second-order valence-corrected chi connectivity index (χ2v) is 8.94. The number of carbonyl (C=O) groups excluding carboxylic acids is 2. The van der Waals surface area contributed by atoms with Crippen molar-refractivity contribution < 1.29 is 14.0 Å². The third-order valence-corrected chi connectivity index (χ3v) is 6.59. The molecule has 2 amide bonds. The highest BCUT2D eigenvalue weighted by molar-refractivity contribution is 7.99. The van der Waals surface area contributed by atoms with E-state index < -0.39 is 11.7 Å². The maximum Gasteiger partial charge on any atom is 0.272 e. The SMILES string of the molecule is C=CCn1c(SCC(=O)Nc2ccccc2C(=O)Nc2ccc(F)cc2)nc2ccsc2c1=O. The van der Waals surface area contributed by atoms with Gasteiger partial charge >= 0.3 is 0 Å². The van der Waals surface area contributed by atoms with Crippen molar-refractivity contribution in [1.29, 1.82) is 0 Å². The zero-order valence-corrected chi connectivity index (χ0v) is 19.4. The first kappa shape index (κ1) is 23.4. The van der Waals surface area contributed by atoms with E-state index in [1.165, 1.54) is 40.2 Å². The molecular formula is C24H19FN4O3S2. The number of hydrogen-bond donors (Lipinski definition) is 2. The van der Waals surface area contributed by atoms with Gasteiger partial charge in [-0.15, -0.1) is 17.9 Å². The molecule has 0 aliphatic carbocycles. The molecule has 4 aromatic rings. The Kier molecular flexibility index (Phi) is 7.19. The molecule has 4 rings (SSSR count). The number of thioether (sulfide) groups is 1. The second-order valence-electron chi connectivity index (χ2n) is 7.08. The highest BCUT2D eigenvalue weighted by Crippen LogP contribution is 2.22. The summed E-state index contributed by atoms with van der Waals surface area (Å²) in [7, 11) is 0. The number of amides is 2. The fraction of sp³-hybridized carbons (Fsp3) is 0.0833. The molecule has 0 saturated heterocycles. The molecule has 0 spiro atoms. The molecule has 0 aliphatic rings. The van der Waals surface area contributed by atoms with E-state index in [0.717, 1.165) is 11.8 Å². The Morgan fingerprint density at radius 3 is 2.65 bits per heavy atom. The van der Waals surface area contributed by atoms with Gasteiger partial charge in [0.15, 0.2) is 5.16 Å². The van der Waals surface area contributed by atoms with Gasteiger partial charge in [0.05, 0.1) is 22.5 Å². The number of carbonyl (C=O) groups is 2. The summed E-state index contributed by atoms with van der Waals surface area (Å²) in [5.74, 6) is -1.24. The van der Waals surface area contributed by atoms with E-state index in [1.54, 1.807) is 41.8 Å². The topological polar surface area (TPSA) is 93.1 Å². The number of nitrogens with zero attached hydrogens (tertiary/aromatic N) is 2. The minimum absolute atomic E-state index is 0.0207. The van der Waals surface area contributed by atoms with Crippen molar-refractivity contribution in [1.82, 2.24) is 9.55 Å². The zero-order valence-electron chi connectivity index (χ0n) is 17.8. The standard InChI is InChI=1S/C24H19FN4O3S2/c1-2-12-29-23(32)21-19(11-13-33-21)28-24(29)34-14-20(30)27-18-6-4-3-5-17(18)22(31)26-16-9-7-15(25)8-10-16/h2-11,13H,1,12,14H2,(H,26,31)(H,27,30). The Morgan fingerprint density at radius 1 is 1.12 bits per heavy atom. The third kappa shape index (κ3) is 5.24. The summed E-state index contributed by atoms with van der Waals surface area (Å²) in [6.45, 7) is 3.96. The Labute approximate surface area is 202 Å². The molecule has 0 saturated carbocycles. The van der Waals surface area contributed by atoms with Crippen LogP contribution in [0.4, 0.5) is 15.8 Å². The zero-order chi connectivity index (χ0) is 24.1. The molecule has 0 aliphatic heterocycles. The predicted octanol–water partition coefficient (Wildman–Crippen LogP) is 4.77. The van der Waals surface area contributed by atoms with Crippen molar-refractivity contribution in [2.75, 3.05) is 16.4 Å². The average Bonchev–Trinajstić information content (AvgIpc) is 3.30. The molecule has 0 bridgehead atoms. The number of anilines is 2. The van der Waals surface area contributed by atoms with Crippen LogP contribution in [0.15, 0.2) is 82.6 Å². The molecule has 0 fully saturated rings. The summed E-state index contributed by atoms with van der Waals surface area (Å²) in [5, 5.41) is 7.63. The third-order valence-electron chi connectivity index (χ3n) is 4.72. The van der Waals surface area contributed by atoms with Gasteiger partial charge in [0, 0.05) is 12.2 Å². The number of allylic oxidation sites excluding steroid dienone is 1. The first-order valence-electron chi connectivity index (χ1n) is 10.1. The van der Waals surface area contributed by atoms with Crippen LogP contribution in [0.3, 0.4) is 0 Å². The van der Waals surface area contributed by atoms with Gasteiger partial charge in [-0.05, 0) is 47.8 Å². The van der Waals surface area contributed by atoms with Crippen molar-refractivity contribution in [3.8, 4) is 0 Å². The molecule has 10 heteroatoms. The summed E-state index contributed by atoms with van der Waals surface area (Å²) >= 11 is 2.44. The predicted molar refractivity (Wildman–Crippen MR) is 134 cm³/mol. The Bertz CT molecular complexity index is 1430. The van der Waals surface area contributed by atoms with Crippen molar-refractivity contribution >= 4 is 56.5 Å². The number of benzene rings is 2. The van der Waals surface area contributed by atoms with Gasteiger partial charge in [0.25, 0.3) is 11.5 Å². The lowest BCUT2D eigenvalue weighted by molar-refractivity contribution is -0.113. The van der Waals surface area contributed by atoms with Gasteiger partial charge in [-0.1, -0.05) is 30.0 Å². The largest absolute Gasteiger partial charge is 0.325 e. The molecule has 0 atom stereocenters. The number of para-hydroxylation sites is 1. The molecule has 172 valence electrons. The molecule has 2 aromatic carbocycles. The van der Waals surface area contributed by atoms with Crippen LogP contribution in [0.1, 0.15) is 10.4 Å². The summed E-state index contributed by atoms with van der Waals surface area (Å²) in [5.41, 5.74) is 1.42. The van der Waals surface area contributed by atoms with Gasteiger partial charge in [0.2, 0.25) is 5.91 Å². The number of rotatable bonds is 8. The fourth-order valence-corrected chi connectivity index (χ4v) is 4.75. The molecule has 2 heterocycles. The van der Waals surface area contributed by atoms with Crippen LogP contribution in [0.25, 0.3) is 10.2 Å². The van der Waals surface area contributed by atoms with Crippen LogP contribution in [0, 0.1) is 5.82 Å². The van der Waals surface area contributed by atoms with Crippen LogP contribution in [-0.2, 0) is 11.3 Å². The average molecular weight is 495 g/mol. The molecule has 34 heavy (non-hydrogen) atoms. The van der Waals surface area contributed by atoms with Crippen LogP contribution >= 0.6 is 23.1 Å². The lowest BCUT2D eigenvalue weighted by Crippen LogP contribution is -2.23. The van der Waals surface area contributed by atoms with Gasteiger partial charge in [0.1, 0.15) is 10.5 Å². The summed E-state index contributed by atoms with van der Waals surface area (Å²) < 4.78 is 15.1. The molecular weight excluding hydrogens is 475 g/mol. The monoisotopic (exact) mass is 494 g/mol. The van der Waals surface area contributed by atoms with Gasteiger partial charge in [-0.3, -0.25) is 19.0 Å². The van der Waals surface area contributed by atoms with Gasteiger partial charge in [-0.2, -0.15) is 0 Å². The lowest BCUT2D eigenvalue weighted by atomic mass is 10.1. The Morgan fingerprint density at radius 2 is 1.88 bits per heavy atom. The van der Waals surface area contributed by atoms with E-state index in [2.05, 4.69) is 22.2 Å². The summed E-state index contributed by atoms with van der Waals surface area (Å²) in [6.07, 6.45) is 1.60. The number of hydrogen-bond acceptors (Lipinski definition) is 6. The Hall–Kier alpha value is -3.76. The van der Waals surface area contributed by atoms with E-state index >= 15 is 0 Å². The molecule has 7 nitrogen and oxygen atoms in total. The quantitative estimate of drug-likeness (QED) is 0.209. The summed E-state index contributed by atoms with van der Waals surface area (Å²) in [4.78, 5) is 42.6. The van der Waals surface area contributed by atoms with E-state index in [4.69, 9.17) is 0 Å². The maximum atomic E-state index is 13.1. The highest BCUT2D eigenvalue weighted by Gasteiger charge is 2.16. The molecule has 2 aromatic heterocycles. The van der Waals surface area contributed by atoms with E-state index in [0.29, 0.717) is 26.7 Å². The summed E-state index contributed by atoms with van der Waals surface area (Å²) in [6, 6.07) is 13.7. The number of aromatic nitrogens is 2. The number of halogens is 1. The molecule has 0 radical (unpaired) electrons. The fourth-order valence-electron chi connectivity index (χ4n) is 3.16. The number of nitrogens with one attached hydrogen (secondary N) is 2. The van der Waals surface area contributed by atoms with Crippen LogP contribution in [-0.4, -0.2) is 27.1 Å². The first-order chi connectivity index (χ1) is 16.5. The highest BCUT2D eigenvalue weighted by atomic mass is 32.2. The van der Waals surface area contributed by atoms with Gasteiger partial charge < -0.3 is 10.6 Å². The van der Waals surface area contributed by atoms with Crippen LogP contribution in [0.2, 0.25) is 0 Å². The number of thiophene rings is 1. The smallest absolute Gasteiger partial charge is 0.272 e. The van der Waals surface area contributed by atoms with Crippen molar-refractivity contribution in [3.05, 3.63) is 94.4 Å². The minimum Gasteiger partial charge on any atom is -0.325 e. The van der Waals surface area contributed by atoms with Crippen LogP contribution in [0.5, 0.6) is 0 Å². The van der Waals surface area contributed by atoms with Gasteiger partial charge in [-0.25, -0.2) is 9.37 Å². The number of fused-ring (bicyclic) bond motifs is 1. The first-order valence-corrected chi connectivity index (χ1v) is 12.0. The second kappa shape index (κ2) is 10.4. The minimum atomic E-state index is -0.445. The normalized spacial score (nSPS) is 10.7. The maximum absolute atomic E-state index is 13.1. The van der Waals surface area contributed by atoms with E-state index in [-0.39, 0.29) is 29.3 Å². The van der Waals surface area contributed by atoms with Crippen molar-refractivity contribution in [3.63, 3.8) is 0 Å². The lowest BCUT2D eigenvalue weighted by Gasteiger charge is -2.12. The van der Waals surface area contributed by atoms with Crippen molar-refractivity contribution in [2.24, 2.45) is 0 Å². The van der Waals surface area contributed by atoms with E-state index in [1.807, 2.05) is 0 Å². The molecule has 0 unspecified atom stereocenters.